The summed E-state index contributed by atoms with van der Waals surface area (Å²) in [6.45, 7) is 0. The highest BCUT2D eigenvalue weighted by molar-refractivity contribution is 5.88. The lowest BCUT2D eigenvalue weighted by Crippen LogP contribution is -2.30. The molecule has 1 unspecified atom stereocenters. The second-order valence-corrected chi connectivity index (χ2v) is 5.63. The first-order chi connectivity index (χ1) is 12.9. The van der Waals surface area contributed by atoms with Crippen LogP contribution >= 0.6 is 0 Å². The molecule has 0 bridgehead atoms. The molecule has 2 N–H and O–H groups in total. The van der Waals surface area contributed by atoms with Crippen molar-refractivity contribution in [2.75, 3.05) is 14.2 Å². The number of esters is 2. The summed E-state index contributed by atoms with van der Waals surface area (Å²) < 4.78 is 14.7. The number of aliphatic hydroxyl groups excluding tert-OH is 1. The Morgan fingerprint density at radius 3 is 2.44 bits per heavy atom. The fraction of sp³-hybridized carbons (Fsp3) is 0.200. The van der Waals surface area contributed by atoms with E-state index in [0.29, 0.717) is 11.3 Å². The van der Waals surface area contributed by atoms with Crippen molar-refractivity contribution in [3.05, 3.63) is 77.8 Å². The molecule has 1 aliphatic rings. The van der Waals surface area contributed by atoms with Gasteiger partial charge in [-0.2, -0.15) is 0 Å². The maximum absolute atomic E-state index is 12.2. The van der Waals surface area contributed by atoms with Gasteiger partial charge < -0.3 is 24.4 Å². The van der Waals surface area contributed by atoms with Crippen molar-refractivity contribution in [3.63, 3.8) is 0 Å². The highest BCUT2D eigenvalue weighted by Crippen LogP contribution is 2.29. The van der Waals surface area contributed by atoms with Crippen molar-refractivity contribution < 1.29 is 34.0 Å². The molecule has 0 heterocycles. The van der Waals surface area contributed by atoms with Gasteiger partial charge in [-0.25, -0.2) is 9.59 Å². The van der Waals surface area contributed by atoms with Crippen LogP contribution in [-0.4, -0.2) is 42.0 Å². The number of allylic oxidation sites excluding steroid dienone is 3. The van der Waals surface area contributed by atoms with E-state index >= 15 is 0 Å². The van der Waals surface area contributed by atoms with Crippen molar-refractivity contribution >= 4 is 11.9 Å². The summed E-state index contributed by atoms with van der Waals surface area (Å²) in [5.41, 5.74) is -1.30. The predicted molar refractivity (Wildman–Crippen MR) is 96.7 cm³/mol. The minimum atomic E-state index is -1.73. The van der Waals surface area contributed by atoms with Gasteiger partial charge in [-0.3, -0.25) is 0 Å². The summed E-state index contributed by atoms with van der Waals surface area (Å²) in [5.74, 6) is -1.46. The SMILES string of the molecule is COC(=O)/C=C/C1(O)CC=C(/C=C(/OC)C(=O)Oc2ccccc2)C=C1O. The van der Waals surface area contributed by atoms with E-state index in [0.717, 1.165) is 12.2 Å². The molecule has 0 amide bonds. The lowest BCUT2D eigenvalue weighted by Gasteiger charge is -2.26. The van der Waals surface area contributed by atoms with Crippen molar-refractivity contribution in [3.8, 4) is 5.75 Å². The topological polar surface area (TPSA) is 102 Å². The van der Waals surface area contributed by atoms with Crippen LogP contribution in [0.1, 0.15) is 6.42 Å². The summed E-state index contributed by atoms with van der Waals surface area (Å²) in [6, 6.07) is 8.51. The molecular formula is C20H20O7. The van der Waals surface area contributed by atoms with Gasteiger partial charge in [0, 0.05) is 12.5 Å². The minimum absolute atomic E-state index is 0.0145. The van der Waals surface area contributed by atoms with E-state index in [9.17, 15) is 19.8 Å². The first-order valence-corrected chi connectivity index (χ1v) is 8.01. The molecule has 142 valence electrons. The lowest BCUT2D eigenvalue weighted by molar-refractivity contribution is -0.135. The molecule has 0 saturated carbocycles. The smallest absolute Gasteiger partial charge is 0.378 e. The number of ether oxygens (including phenoxy) is 3. The van der Waals surface area contributed by atoms with Gasteiger partial charge in [0.05, 0.1) is 14.2 Å². The number of methoxy groups -OCH3 is 2. The van der Waals surface area contributed by atoms with Crippen molar-refractivity contribution in [1.29, 1.82) is 0 Å². The van der Waals surface area contributed by atoms with Gasteiger partial charge >= 0.3 is 11.9 Å². The van der Waals surface area contributed by atoms with Crippen LogP contribution in [0.5, 0.6) is 5.75 Å². The Bertz CT molecular complexity index is 818. The molecule has 0 aliphatic heterocycles. The minimum Gasteiger partial charge on any atom is -0.509 e. The van der Waals surface area contributed by atoms with E-state index in [4.69, 9.17) is 9.47 Å². The fourth-order valence-electron chi connectivity index (χ4n) is 2.25. The highest BCUT2D eigenvalue weighted by Gasteiger charge is 2.31. The molecule has 7 nitrogen and oxygen atoms in total. The van der Waals surface area contributed by atoms with Crippen LogP contribution in [0.3, 0.4) is 0 Å². The Morgan fingerprint density at radius 2 is 1.85 bits per heavy atom. The van der Waals surface area contributed by atoms with E-state index in [1.165, 1.54) is 26.4 Å². The third-order valence-corrected chi connectivity index (χ3v) is 3.76. The molecule has 1 atom stereocenters. The van der Waals surface area contributed by atoms with Crippen LogP contribution in [0.4, 0.5) is 0 Å². The van der Waals surface area contributed by atoms with E-state index < -0.39 is 17.5 Å². The number of hydrogen-bond donors (Lipinski definition) is 2. The van der Waals surface area contributed by atoms with Crippen LogP contribution < -0.4 is 4.74 Å². The third-order valence-electron chi connectivity index (χ3n) is 3.76. The average molecular weight is 372 g/mol. The summed E-state index contributed by atoms with van der Waals surface area (Å²) in [5, 5.41) is 20.5. The number of aliphatic hydroxyl groups is 2. The monoisotopic (exact) mass is 372 g/mol. The maximum atomic E-state index is 12.2. The molecule has 1 aromatic rings. The Labute approximate surface area is 156 Å². The molecule has 1 aromatic carbocycles. The number of benzene rings is 1. The first-order valence-electron chi connectivity index (χ1n) is 8.01. The van der Waals surface area contributed by atoms with E-state index in [2.05, 4.69) is 4.74 Å². The zero-order valence-corrected chi connectivity index (χ0v) is 14.9. The fourth-order valence-corrected chi connectivity index (χ4v) is 2.25. The van der Waals surface area contributed by atoms with Crippen LogP contribution in [0.15, 0.2) is 77.8 Å². The van der Waals surface area contributed by atoms with Gasteiger partial charge in [0.25, 0.3) is 0 Å². The molecule has 0 fully saturated rings. The first kappa shape index (κ1) is 20.0. The van der Waals surface area contributed by atoms with Gasteiger partial charge in [0.15, 0.2) is 0 Å². The summed E-state index contributed by atoms with van der Waals surface area (Å²) in [7, 11) is 2.53. The number of carbonyl (C=O) groups excluding carboxylic acids is 2. The average Bonchev–Trinajstić information content (AvgIpc) is 2.67. The molecule has 0 spiro atoms. The molecule has 0 aromatic heterocycles. The summed E-state index contributed by atoms with van der Waals surface area (Å²) in [6.07, 6.45) is 6.37. The van der Waals surface area contributed by atoms with Crippen molar-refractivity contribution in [2.45, 2.75) is 12.0 Å². The number of rotatable bonds is 6. The van der Waals surface area contributed by atoms with E-state index in [-0.39, 0.29) is 17.9 Å². The van der Waals surface area contributed by atoms with Crippen molar-refractivity contribution in [2.24, 2.45) is 0 Å². The van der Waals surface area contributed by atoms with Crippen LogP contribution in [0, 0.1) is 0 Å². The number of carbonyl (C=O) groups is 2. The normalized spacial score (nSPS) is 19.9. The Hall–Kier alpha value is -3.32. The maximum Gasteiger partial charge on any atom is 0.378 e. The van der Waals surface area contributed by atoms with Gasteiger partial charge in [0.1, 0.15) is 17.1 Å². The molecule has 2 rings (SSSR count). The van der Waals surface area contributed by atoms with E-state index in [1.54, 1.807) is 36.4 Å². The zero-order valence-electron chi connectivity index (χ0n) is 14.9. The zero-order chi connectivity index (χ0) is 19.9. The quantitative estimate of drug-likeness (QED) is 0.342. The van der Waals surface area contributed by atoms with Crippen LogP contribution in [0.2, 0.25) is 0 Å². The number of para-hydroxylation sites is 1. The van der Waals surface area contributed by atoms with Crippen LogP contribution in [0.25, 0.3) is 0 Å². The second kappa shape index (κ2) is 8.86. The Kier molecular flexibility index (Phi) is 6.56. The van der Waals surface area contributed by atoms with Crippen LogP contribution in [-0.2, 0) is 19.1 Å². The molecular weight excluding hydrogens is 352 g/mol. The third kappa shape index (κ3) is 5.32. The van der Waals surface area contributed by atoms with Crippen molar-refractivity contribution in [1.82, 2.24) is 0 Å². The summed E-state index contributed by atoms with van der Waals surface area (Å²) in [4.78, 5) is 23.4. The molecule has 0 radical (unpaired) electrons. The predicted octanol–water partition coefficient (Wildman–Crippen LogP) is 2.35. The molecule has 0 saturated heterocycles. The highest BCUT2D eigenvalue weighted by atomic mass is 16.6. The lowest BCUT2D eigenvalue weighted by atomic mass is 9.89. The number of hydrogen-bond acceptors (Lipinski definition) is 7. The summed E-state index contributed by atoms with van der Waals surface area (Å²) >= 11 is 0. The Morgan fingerprint density at radius 1 is 1.15 bits per heavy atom. The molecule has 7 heteroatoms. The van der Waals surface area contributed by atoms with Gasteiger partial charge in [-0.1, -0.05) is 24.3 Å². The molecule has 1 aliphatic carbocycles. The van der Waals surface area contributed by atoms with Gasteiger partial charge in [-0.05, 0) is 35.9 Å². The van der Waals surface area contributed by atoms with Gasteiger partial charge in [-0.15, -0.1) is 0 Å². The standard InChI is InChI=1S/C20H20O7/c1-25-16(19(23)27-15-6-4-3-5-7-15)12-14-8-10-20(24,17(21)13-14)11-9-18(22)26-2/h3-9,11-13,21,24H,10H2,1-2H3/b11-9+,16-12+. The Balaban J connectivity index is 2.14. The van der Waals surface area contributed by atoms with E-state index in [1.807, 2.05) is 0 Å². The molecule has 27 heavy (non-hydrogen) atoms. The largest absolute Gasteiger partial charge is 0.509 e. The van der Waals surface area contributed by atoms with Gasteiger partial charge in [0.2, 0.25) is 5.76 Å². The second-order valence-electron chi connectivity index (χ2n) is 5.63.